The van der Waals surface area contributed by atoms with Gasteiger partial charge in [-0.1, -0.05) is 108 Å². The summed E-state index contributed by atoms with van der Waals surface area (Å²) in [5.74, 6) is 0. The highest BCUT2D eigenvalue weighted by Gasteiger charge is 1.99. The molecule has 0 amide bonds. The predicted octanol–water partition coefficient (Wildman–Crippen LogP) is 7.39. The van der Waals surface area contributed by atoms with Gasteiger partial charge in [0.1, 0.15) is 0 Å². The molecule has 0 heteroatoms. The highest BCUT2D eigenvalue weighted by atomic mass is 14.0. The molecule has 0 saturated carbocycles. The van der Waals surface area contributed by atoms with E-state index in [1.54, 1.807) is 0 Å². The van der Waals surface area contributed by atoms with Crippen LogP contribution in [0.2, 0.25) is 0 Å². The van der Waals surface area contributed by atoms with Crippen molar-refractivity contribution in [1.29, 1.82) is 0 Å². The maximum absolute atomic E-state index is 2.31. The van der Waals surface area contributed by atoms with Gasteiger partial charge in [0.15, 0.2) is 0 Å². The highest BCUT2D eigenvalue weighted by Crippen LogP contribution is 2.21. The number of aryl methyl sites for hydroxylation is 2. The first kappa shape index (κ1) is 17.9. The average molecular weight is 338 g/mol. The summed E-state index contributed by atoms with van der Waals surface area (Å²) in [5.41, 5.74) is 7.89. The van der Waals surface area contributed by atoms with Gasteiger partial charge < -0.3 is 0 Å². The third kappa shape index (κ3) is 5.07. The Morgan fingerprint density at radius 2 is 1.08 bits per heavy atom. The van der Waals surface area contributed by atoms with Gasteiger partial charge in [-0.15, -0.1) is 0 Å². The fourth-order valence-electron chi connectivity index (χ4n) is 2.95. The van der Waals surface area contributed by atoms with Crippen molar-refractivity contribution in [3.05, 3.63) is 114 Å². The molecule has 0 N–H and O–H groups in total. The van der Waals surface area contributed by atoms with Crippen LogP contribution in [0.25, 0.3) is 16.7 Å². The fraction of sp³-hybridized carbons (Fsp3) is 0.154. The zero-order valence-corrected chi connectivity index (χ0v) is 15.7. The van der Waals surface area contributed by atoms with Gasteiger partial charge in [0.05, 0.1) is 0 Å². The molecule has 1 aliphatic rings. The monoisotopic (exact) mass is 338 g/mol. The lowest BCUT2D eigenvalue weighted by molar-refractivity contribution is 1.04. The Hall–Kier alpha value is -2.86. The Bertz CT molecular complexity index is 864. The molecule has 0 unspecified atom stereocenters. The Labute approximate surface area is 157 Å². The quantitative estimate of drug-likeness (QED) is 0.457. The van der Waals surface area contributed by atoms with E-state index in [1.165, 1.54) is 46.2 Å². The first-order chi connectivity index (χ1) is 12.7. The minimum Gasteiger partial charge on any atom is -0.0836 e. The Morgan fingerprint density at radius 1 is 0.538 bits per heavy atom. The van der Waals surface area contributed by atoms with Crippen LogP contribution >= 0.6 is 0 Å². The van der Waals surface area contributed by atoms with Gasteiger partial charge in [-0.3, -0.25) is 0 Å². The Balaban J connectivity index is 0.000000151. The number of rotatable bonds is 2. The normalized spacial score (nSPS) is 12.8. The smallest absolute Gasteiger partial charge is 0.0184 e. The molecule has 0 fully saturated rings. The molecular formula is C26H26. The lowest BCUT2D eigenvalue weighted by Crippen LogP contribution is -1.85. The average Bonchev–Trinajstić information content (AvgIpc) is 2.71. The van der Waals surface area contributed by atoms with E-state index in [2.05, 4.69) is 105 Å². The van der Waals surface area contributed by atoms with Crippen LogP contribution in [-0.2, 0) is 0 Å². The van der Waals surface area contributed by atoms with Crippen LogP contribution in [0.1, 0.15) is 29.5 Å². The molecule has 0 heterocycles. The van der Waals surface area contributed by atoms with E-state index in [0.29, 0.717) is 0 Å². The summed E-state index contributed by atoms with van der Waals surface area (Å²) in [6, 6.07) is 27.7. The van der Waals surface area contributed by atoms with Crippen molar-refractivity contribution in [2.75, 3.05) is 0 Å². The van der Waals surface area contributed by atoms with Crippen LogP contribution in [0.3, 0.4) is 0 Å². The highest BCUT2D eigenvalue weighted by molar-refractivity contribution is 5.74. The molecule has 4 rings (SSSR count). The van der Waals surface area contributed by atoms with E-state index in [0.717, 1.165) is 0 Å². The summed E-state index contributed by atoms with van der Waals surface area (Å²) in [4.78, 5) is 0. The zero-order chi connectivity index (χ0) is 18.2. The topological polar surface area (TPSA) is 0 Å². The van der Waals surface area contributed by atoms with Crippen LogP contribution < -0.4 is 0 Å². The molecule has 3 aromatic carbocycles. The fourth-order valence-corrected chi connectivity index (χ4v) is 2.95. The maximum Gasteiger partial charge on any atom is -0.0184 e. The van der Waals surface area contributed by atoms with Crippen LogP contribution in [0.4, 0.5) is 0 Å². The molecule has 0 atom stereocenters. The number of hydrogen-bond acceptors (Lipinski definition) is 0. The number of benzene rings is 3. The van der Waals surface area contributed by atoms with Gasteiger partial charge in [-0.25, -0.2) is 0 Å². The van der Waals surface area contributed by atoms with Crippen molar-refractivity contribution < 1.29 is 0 Å². The zero-order valence-electron chi connectivity index (χ0n) is 15.7. The molecule has 0 aromatic heterocycles. The van der Waals surface area contributed by atoms with Gasteiger partial charge in [0.25, 0.3) is 0 Å². The molecule has 0 saturated heterocycles. The summed E-state index contributed by atoms with van der Waals surface area (Å²) in [6.45, 7) is 4.23. The SMILES string of the molecule is Cc1ccc(-c2ccccc2)cc1.Cc1ccc(C2=CCCC=C2)cc1. The molecule has 0 aliphatic heterocycles. The van der Waals surface area contributed by atoms with Crippen molar-refractivity contribution in [3.8, 4) is 11.1 Å². The van der Waals surface area contributed by atoms with Crippen LogP contribution in [-0.4, -0.2) is 0 Å². The summed E-state index contributed by atoms with van der Waals surface area (Å²) in [5, 5.41) is 0. The van der Waals surface area contributed by atoms with Crippen LogP contribution in [0, 0.1) is 13.8 Å². The van der Waals surface area contributed by atoms with Gasteiger partial charge in [-0.2, -0.15) is 0 Å². The largest absolute Gasteiger partial charge is 0.0836 e. The predicted molar refractivity (Wildman–Crippen MR) is 114 cm³/mol. The molecule has 26 heavy (non-hydrogen) atoms. The van der Waals surface area contributed by atoms with Gasteiger partial charge in [-0.05, 0) is 49.0 Å². The standard InChI is InChI=1S/C13H14.C13H12/c2*1-11-7-9-13(10-8-11)12-5-3-2-4-6-12/h3,5-10H,2,4H2,1H3;2-10H,1H3. The third-order valence-corrected chi connectivity index (χ3v) is 4.54. The van der Waals surface area contributed by atoms with Crippen molar-refractivity contribution in [2.45, 2.75) is 26.7 Å². The minimum absolute atomic E-state index is 1.18. The molecule has 0 spiro atoms. The summed E-state index contributed by atoms with van der Waals surface area (Å²) in [7, 11) is 0. The van der Waals surface area contributed by atoms with Crippen molar-refractivity contribution in [3.63, 3.8) is 0 Å². The molecule has 0 bridgehead atoms. The van der Waals surface area contributed by atoms with Crippen LogP contribution in [0.15, 0.2) is 97.1 Å². The number of allylic oxidation sites excluding steroid dienone is 4. The molecule has 0 radical (unpaired) electrons. The van der Waals surface area contributed by atoms with Gasteiger partial charge in [0, 0.05) is 0 Å². The maximum atomic E-state index is 2.31. The van der Waals surface area contributed by atoms with E-state index in [4.69, 9.17) is 0 Å². The second-order valence-corrected chi connectivity index (χ2v) is 6.74. The van der Waals surface area contributed by atoms with E-state index in [9.17, 15) is 0 Å². The summed E-state index contributed by atoms with van der Waals surface area (Å²) < 4.78 is 0. The van der Waals surface area contributed by atoms with Gasteiger partial charge in [0.2, 0.25) is 0 Å². The lowest BCUT2D eigenvalue weighted by Gasteiger charge is -2.06. The Morgan fingerprint density at radius 3 is 1.62 bits per heavy atom. The molecule has 1 aliphatic carbocycles. The van der Waals surface area contributed by atoms with Crippen LogP contribution in [0.5, 0.6) is 0 Å². The Kier molecular flexibility index (Phi) is 6.22. The third-order valence-electron chi connectivity index (χ3n) is 4.54. The van der Waals surface area contributed by atoms with Crippen molar-refractivity contribution in [1.82, 2.24) is 0 Å². The first-order valence-corrected chi connectivity index (χ1v) is 9.28. The van der Waals surface area contributed by atoms with Gasteiger partial charge >= 0.3 is 0 Å². The molecular weight excluding hydrogens is 312 g/mol. The lowest BCUT2D eigenvalue weighted by atomic mass is 9.99. The van der Waals surface area contributed by atoms with Crippen molar-refractivity contribution in [2.24, 2.45) is 0 Å². The second-order valence-electron chi connectivity index (χ2n) is 6.74. The summed E-state index contributed by atoms with van der Waals surface area (Å²) >= 11 is 0. The molecule has 3 aromatic rings. The number of hydrogen-bond donors (Lipinski definition) is 0. The van der Waals surface area contributed by atoms with E-state index in [1.807, 2.05) is 6.07 Å². The second kappa shape index (κ2) is 9.01. The summed E-state index contributed by atoms with van der Waals surface area (Å²) in [6.07, 6.45) is 9.14. The van der Waals surface area contributed by atoms with Crippen molar-refractivity contribution >= 4 is 5.57 Å². The molecule has 0 nitrogen and oxygen atoms in total. The van der Waals surface area contributed by atoms with E-state index >= 15 is 0 Å². The first-order valence-electron chi connectivity index (χ1n) is 9.28. The van der Waals surface area contributed by atoms with E-state index in [-0.39, 0.29) is 0 Å². The minimum atomic E-state index is 1.18. The van der Waals surface area contributed by atoms with E-state index < -0.39 is 0 Å². The molecule has 130 valence electrons.